The first-order chi connectivity index (χ1) is 11.6. The standard InChI is InChI=1S/C17H28N4O2S/c1-3-8-15(9-4-2)19-20-17-11-10-16(14-18-17)24(22,23)21-12-6-5-7-13-21/h10-11,14H,3-9,12-13H2,1-2H3,(H,18,20). The number of piperidine rings is 1. The smallest absolute Gasteiger partial charge is 0.244 e. The molecule has 0 amide bonds. The van der Waals surface area contributed by atoms with E-state index in [1.807, 2.05) is 0 Å². The maximum atomic E-state index is 12.6. The highest BCUT2D eigenvalue weighted by Gasteiger charge is 2.26. The fourth-order valence-electron chi connectivity index (χ4n) is 2.80. The number of nitrogens with one attached hydrogen (secondary N) is 1. The van der Waals surface area contributed by atoms with Crippen LogP contribution in [-0.2, 0) is 10.0 Å². The average molecular weight is 353 g/mol. The molecular formula is C17H28N4O2S. The molecule has 1 saturated heterocycles. The molecule has 7 heteroatoms. The van der Waals surface area contributed by atoms with Crippen LogP contribution in [0.5, 0.6) is 0 Å². The van der Waals surface area contributed by atoms with E-state index in [0.717, 1.165) is 50.7 Å². The van der Waals surface area contributed by atoms with Crippen molar-refractivity contribution in [2.75, 3.05) is 18.5 Å². The molecule has 24 heavy (non-hydrogen) atoms. The van der Waals surface area contributed by atoms with E-state index in [1.165, 1.54) is 6.20 Å². The fourth-order valence-corrected chi connectivity index (χ4v) is 4.27. The molecule has 1 aliphatic heterocycles. The predicted molar refractivity (Wildman–Crippen MR) is 97.7 cm³/mol. The number of nitrogens with zero attached hydrogens (tertiary/aromatic N) is 3. The van der Waals surface area contributed by atoms with E-state index in [9.17, 15) is 8.42 Å². The van der Waals surface area contributed by atoms with E-state index >= 15 is 0 Å². The van der Waals surface area contributed by atoms with Gasteiger partial charge in [-0.25, -0.2) is 13.4 Å². The van der Waals surface area contributed by atoms with E-state index in [0.29, 0.717) is 18.9 Å². The molecular weight excluding hydrogens is 324 g/mol. The maximum absolute atomic E-state index is 12.6. The van der Waals surface area contributed by atoms with Crippen LogP contribution in [0.3, 0.4) is 0 Å². The molecule has 0 bridgehead atoms. The Balaban J connectivity index is 2.05. The highest BCUT2D eigenvalue weighted by atomic mass is 32.2. The van der Waals surface area contributed by atoms with Gasteiger partial charge in [0.1, 0.15) is 10.7 Å². The highest BCUT2D eigenvalue weighted by Crippen LogP contribution is 2.20. The summed E-state index contributed by atoms with van der Waals surface area (Å²) in [7, 11) is -3.42. The minimum absolute atomic E-state index is 0.251. The van der Waals surface area contributed by atoms with Gasteiger partial charge in [-0.05, 0) is 37.8 Å². The normalized spacial score (nSPS) is 15.9. The Kier molecular flexibility index (Phi) is 7.17. The predicted octanol–water partition coefficient (Wildman–Crippen LogP) is 3.62. The molecule has 2 heterocycles. The van der Waals surface area contributed by atoms with E-state index in [4.69, 9.17) is 0 Å². The molecule has 0 aromatic carbocycles. The first-order valence-corrected chi connectivity index (χ1v) is 10.3. The molecule has 1 N–H and O–H groups in total. The van der Waals surface area contributed by atoms with Gasteiger partial charge in [0.25, 0.3) is 0 Å². The van der Waals surface area contributed by atoms with Gasteiger partial charge in [0.05, 0.1) is 0 Å². The third kappa shape index (κ3) is 5.01. The van der Waals surface area contributed by atoms with Crippen LogP contribution >= 0.6 is 0 Å². The van der Waals surface area contributed by atoms with Crippen molar-refractivity contribution in [3.05, 3.63) is 18.3 Å². The Labute approximate surface area is 145 Å². The van der Waals surface area contributed by atoms with E-state index < -0.39 is 10.0 Å². The number of pyridine rings is 1. The first kappa shape index (κ1) is 18.9. The molecule has 0 saturated carbocycles. The first-order valence-electron chi connectivity index (χ1n) is 8.85. The number of rotatable bonds is 8. The summed E-state index contributed by atoms with van der Waals surface area (Å²) in [6.45, 7) is 5.46. The molecule has 0 radical (unpaired) electrons. The van der Waals surface area contributed by atoms with Gasteiger partial charge in [-0.2, -0.15) is 9.41 Å². The quantitative estimate of drug-likeness (QED) is 0.573. The Bertz CT molecular complexity index is 627. The molecule has 0 atom stereocenters. The topological polar surface area (TPSA) is 74.7 Å². The minimum Gasteiger partial charge on any atom is -0.261 e. The van der Waals surface area contributed by atoms with Crippen molar-refractivity contribution >= 4 is 21.6 Å². The average Bonchev–Trinajstić information content (AvgIpc) is 2.61. The summed E-state index contributed by atoms with van der Waals surface area (Å²) >= 11 is 0. The third-order valence-corrected chi connectivity index (χ3v) is 5.98. The minimum atomic E-state index is -3.42. The van der Waals surface area contributed by atoms with Crippen LogP contribution in [0.15, 0.2) is 28.3 Å². The van der Waals surface area contributed by atoms with E-state index in [-0.39, 0.29) is 4.90 Å². The Morgan fingerprint density at radius 2 is 1.83 bits per heavy atom. The van der Waals surface area contributed by atoms with Crippen LogP contribution in [0.2, 0.25) is 0 Å². The molecule has 1 aromatic heterocycles. The Morgan fingerprint density at radius 1 is 1.17 bits per heavy atom. The number of hydrogen-bond acceptors (Lipinski definition) is 5. The molecule has 0 aliphatic carbocycles. The zero-order chi connectivity index (χ0) is 17.4. The van der Waals surface area contributed by atoms with Crippen LogP contribution in [0.25, 0.3) is 0 Å². The summed E-state index contributed by atoms with van der Waals surface area (Å²) in [5.41, 5.74) is 4.06. The van der Waals surface area contributed by atoms with Crippen molar-refractivity contribution in [2.24, 2.45) is 5.10 Å². The summed E-state index contributed by atoms with van der Waals surface area (Å²) in [5, 5.41) is 4.40. The molecule has 1 aromatic rings. The molecule has 0 unspecified atom stereocenters. The summed E-state index contributed by atoms with van der Waals surface area (Å²) < 4.78 is 26.7. The second-order valence-electron chi connectivity index (χ2n) is 6.13. The third-order valence-electron chi connectivity index (χ3n) is 4.09. The number of aromatic nitrogens is 1. The van der Waals surface area contributed by atoms with Crippen LogP contribution in [0.1, 0.15) is 58.8 Å². The van der Waals surface area contributed by atoms with Gasteiger partial charge in [0.15, 0.2) is 0 Å². The van der Waals surface area contributed by atoms with Gasteiger partial charge in [-0.15, -0.1) is 0 Å². The van der Waals surface area contributed by atoms with E-state index in [2.05, 4.69) is 29.4 Å². The molecule has 1 aliphatic rings. The van der Waals surface area contributed by atoms with Crippen molar-refractivity contribution in [1.82, 2.24) is 9.29 Å². The lowest BCUT2D eigenvalue weighted by atomic mass is 10.1. The SMILES string of the molecule is CCCC(CCC)=NNc1ccc(S(=O)(=O)N2CCCCC2)cn1. The van der Waals surface area contributed by atoms with Crippen LogP contribution < -0.4 is 5.43 Å². The summed E-state index contributed by atoms with van der Waals surface area (Å²) in [6.07, 6.45) is 8.41. The van der Waals surface area contributed by atoms with Crippen molar-refractivity contribution in [1.29, 1.82) is 0 Å². The van der Waals surface area contributed by atoms with Gasteiger partial charge >= 0.3 is 0 Å². The number of hydrazone groups is 1. The Hall–Kier alpha value is -1.47. The van der Waals surface area contributed by atoms with Crippen molar-refractivity contribution in [3.8, 4) is 0 Å². The second kappa shape index (κ2) is 9.13. The van der Waals surface area contributed by atoms with Gasteiger partial charge < -0.3 is 0 Å². The largest absolute Gasteiger partial charge is 0.261 e. The van der Waals surface area contributed by atoms with Crippen LogP contribution in [0, 0.1) is 0 Å². The molecule has 1 fully saturated rings. The lowest BCUT2D eigenvalue weighted by Gasteiger charge is -2.25. The van der Waals surface area contributed by atoms with Crippen molar-refractivity contribution in [3.63, 3.8) is 0 Å². The summed E-state index contributed by atoms with van der Waals surface area (Å²) in [6, 6.07) is 3.28. The number of sulfonamides is 1. The summed E-state index contributed by atoms with van der Waals surface area (Å²) in [4.78, 5) is 4.46. The van der Waals surface area contributed by atoms with Gasteiger partial charge in [-0.3, -0.25) is 5.43 Å². The van der Waals surface area contributed by atoms with Crippen molar-refractivity contribution < 1.29 is 8.42 Å². The van der Waals surface area contributed by atoms with Gasteiger partial charge in [0.2, 0.25) is 10.0 Å². The number of hydrogen-bond donors (Lipinski definition) is 1. The highest BCUT2D eigenvalue weighted by molar-refractivity contribution is 7.89. The number of anilines is 1. The molecule has 0 spiro atoms. The van der Waals surface area contributed by atoms with Crippen molar-refractivity contribution in [2.45, 2.75) is 63.7 Å². The zero-order valence-electron chi connectivity index (χ0n) is 14.7. The zero-order valence-corrected chi connectivity index (χ0v) is 15.5. The monoisotopic (exact) mass is 352 g/mol. The van der Waals surface area contributed by atoms with Crippen LogP contribution in [0.4, 0.5) is 5.82 Å². The fraction of sp³-hybridized carbons (Fsp3) is 0.647. The second-order valence-corrected chi connectivity index (χ2v) is 8.07. The lowest BCUT2D eigenvalue weighted by Crippen LogP contribution is -2.35. The van der Waals surface area contributed by atoms with Gasteiger partial charge in [-0.1, -0.05) is 33.1 Å². The van der Waals surface area contributed by atoms with Gasteiger partial charge in [0, 0.05) is 25.0 Å². The molecule has 2 rings (SSSR count). The lowest BCUT2D eigenvalue weighted by molar-refractivity contribution is 0.346. The van der Waals surface area contributed by atoms with Crippen LogP contribution in [-0.4, -0.2) is 36.5 Å². The summed E-state index contributed by atoms with van der Waals surface area (Å²) in [5.74, 6) is 0.567. The molecule has 6 nitrogen and oxygen atoms in total. The maximum Gasteiger partial charge on any atom is 0.244 e. The van der Waals surface area contributed by atoms with E-state index in [1.54, 1.807) is 16.4 Å². The Morgan fingerprint density at radius 3 is 2.38 bits per heavy atom. The molecule has 134 valence electrons.